The van der Waals surface area contributed by atoms with E-state index in [0.717, 1.165) is 19.3 Å². The summed E-state index contributed by atoms with van der Waals surface area (Å²) in [7, 11) is 0.625. The molecule has 1 aromatic carbocycles. The van der Waals surface area contributed by atoms with Crippen LogP contribution in [0, 0.1) is 11.7 Å². The average molecular weight is 269 g/mol. The molecule has 1 aromatic rings. The lowest BCUT2D eigenvalue weighted by atomic mass is 9.87. The fourth-order valence-electron chi connectivity index (χ4n) is 2.67. The first-order valence-electron chi connectivity index (χ1n) is 6.46. The molecular weight excluding hydrogens is 249 g/mol. The second-order valence-corrected chi connectivity index (χ2v) is 6.72. The van der Waals surface area contributed by atoms with Gasteiger partial charge in [0.1, 0.15) is 5.82 Å². The van der Waals surface area contributed by atoms with Crippen molar-refractivity contribution in [2.45, 2.75) is 42.4 Å². The van der Waals surface area contributed by atoms with E-state index in [1.807, 2.05) is 7.05 Å². The van der Waals surface area contributed by atoms with Crippen LogP contribution in [0.5, 0.6) is 0 Å². The van der Waals surface area contributed by atoms with Crippen molar-refractivity contribution < 1.29 is 8.60 Å². The Hall–Kier alpha value is -0.740. The summed E-state index contributed by atoms with van der Waals surface area (Å²) in [6.45, 7) is 2.18. The number of hydrogen-bond acceptors (Lipinski definition) is 2. The lowest BCUT2D eigenvalue weighted by Crippen LogP contribution is -2.44. The van der Waals surface area contributed by atoms with Crippen molar-refractivity contribution in [1.29, 1.82) is 0 Å². The van der Waals surface area contributed by atoms with Crippen molar-refractivity contribution in [1.82, 2.24) is 5.32 Å². The number of benzene rings is 1. The predicted molar refractivity (Wildman–Crippen MR) is 72.5 cm³/mol. The molecule has 0 radical (unpaired) electrons. The van der Waals surface area contributed by atoms with E-state index in [9.17, 15) is 8.60 Å². The van der Waals surface area contributed by atoms with Crippen LogP contribution in [0.25, 0.3) is 0 Å². The van der Waals surface area contributed by atoms with Gasteiger partial charge in [-0.2, -0.15) is 0 Å². The van der Waals surface area contributed by atoms with E-state index in [4.69, 9.17) is 0 Å². The molecule has 4 heteroatoms. The molecule has 18 heavy (non-hydrogen) atoms. The molecule has 100 valence electrons. The van der Waals surface area contributed by atoms with Gasteiger partial charge in [0, 0.05) is 6.04 Å². The Balaban J connectivity index is 2.23. The van der Waals surface area contributed by atoms with E-state index in [0.29, 0.717) is 10.8 Å². The Kier molecular flexibility index (Phi) is 4.51. The van der Waals surface area contributed by atoms with Crippen molar-refractivity contribution in [3.8, 4) is 0 Å². The highest BCUT2D eigenvalue weighted by atomic mass is 32.2. The molecule has 0 saturated heterocycles. The first-order valence-corrected chi connectivity index (χ1v) is 7.67. The van der Waals surface area contributed by atoms with E-state index in [-0.39, 0.29) is 17.1 Å². The molecule has 2 nitrogen and oxygen atoms in total. The molecule has 1 saturated carbocycles. The third-order valence-corrected chi connectivity index (χ3v) is 5.59. The first kappa shape index (κ1) is 13.7. The Morgan fingerprint density at radius 1 is 1.33 bits per heavy atom. The zero-order chi connectivity index (χ0) is 13.1. The van der Waals surface area contributed by atoms with Crippen molar-refractivity contribution in [2.24, 2.45) is 5.92 Å². The highest BCUT2D eigenvalue weighted by molar-refractivity contribution is 7.85. The molecule has 0 amide bonds. The van der Waals surface area contributed by atoms with E-state index in [1.54, 1.807) is 18.2 Å². The van der Waals surface area contributed by atoms with Crippen molar-refractivity contribution >= 4 is 10.8 Å². The second kappa shape index (κ2) is 5.93. The van der Waals surface area contributed by atoms with Gasteiger partial charge < -0.3 is 5.32 Å². The van der Waals surface area contributed by atoms with Crippen LogP contribution >= 0.6 is 0 Å². The van der Waals surface area contributed by atoms with Gasteiger partial charge in [-0.05, 0) is 44.4 Å². The van der Waals surface area contributed by atoms with Gasteiger partial charge in [-0.3, -0.25) is 4.21 Å². The molecular formula is C14H20FNOS. The lowest BCUT2D eigenvalue weighted by molar-refractivity contribution is 0.324. The van der Waals surface area contributed by atoms with Gasteiger partial charge >= 0.3 is 0 Å². The van der Waals surface area contributed by atoms with Crippen LogP contribution in [0.15, 0.2) is 29.2 Å². The molecule has 0 heterocycles. The molecule has 1 aliphatic carbocycles. The van der Waals surface area contributed by atoms with E-state index in [2.05, 4.69) is 12.2 Å². The highest BCUT2D eigenvalue weighted by Crippen LogP contribution is 2.30. The zero-order valence-electron chi connectivity index (χ0n) is 10.9. The second-order valence-electron chi connectivity index (χ2n) is 5.08. The minimum atomic E-state index is -1.27. The Morgan fingerprint density at radius 2 is 2.06 bits per heavy atom. The van der Waals surface area contributed by atoms with Crippen LogP contribution in [0.1, 0.15) is 26.2 Å². The average Bonchev–Trinajstić information content (AvgIpc) is 2.38. The smallest absolute Gasteiger partial charge is 0.139 e. The van der Waals surface area contributed by atoms with Gasteiger partial charge in [0.25, 0.3) is 0 Å². The molecule has 4 atom stereocenters. The molecule has 0 bridgehead atoms. The largest absolute Gasteiger partial charge is 0.316 e. The third-order valence-electron chi connectivity index (χ3n) is 3.75. The van der Waals surface area contributed by atoms with Crippen molar-refractivity contribution in [2.75, 3.05) is 7.05 Å². The van der Waals surface area contributed by atoms with Gasteiger partial charge in [-0.25, -0.2) is 4.39 Å². The maximum absolute atomic E-state index is 13.7. The SMILES string of the molecule is CNC1CCC(C)CC1S(=O)c1ccccc1F. The molecule has 1 fully saturated rings. The Morgan fingerprint density at radius 3 is 2.72 bits per heavy atom. The summed E-state index contributed by atoms with van der Waals surface area (Å²) in [6.07, 6.45) is 3.06. The minimum absolute atomic E-state index is 0.00986. The fraction of sp³-hybridized carbons (Fsp3) is 0.571. The molecule has 4 unspecified atom stereocenters. The Labute approximate surface area is 110 Å². The fourth-order valence-corrected chi connectivity index (χ4v) is 4.54. The summed E-state index contributed by atoms with van der Waals surface area (Å²) in [6, 6.07) is 6.62. The normalized spacial score (nSPS) is 30.1. The number of hydrogen-bond donors (Lipinski definition) is 1. The molecule has 0 aromatic heterocycles. The molecule has 2 rings (SSSR count). The Bertz CT molecular complexity index is 438. The van der Waals surface area contributed by atoms with Crippen LogP contribution in [0.2, 0.25) is 0 Å². The molecule has 0 aliphatic heterocycles. The van der Waals surface area contributed by atoms with Gasteiger partial charge in [0.05, 0.1) is 20.9 Å². The molecule has 1 aliphatic rings. The van der Waals surface area contributed by atoms with Crippen LogP contribution in [-0.2, 0) is 10.8 Å². The van der Waals surface area contributed by atoms with E-state index < -0.39 is 10.8 Å². The summed E-state index contributed by atoms with van der Waals surface area (Å²) >= 11 is 0. The number of halogens is 1. The topological polar surface area (TPSA) is 29.1 Å². The van der Waals surface area contributed by atoms with Crippen molar-refractivity contribution in [3.05, 3.63) is 30.1 Å². The monoisotopic (exact) mass is 269 g/mol. The summed E-state index contributed by atoms with van der Waals surface area (Å²) in [5.74, 6) is 0.208. The van der Waals surface area contributed by atoms with Gasteiger partial charge in [0.2, 0.25) is 0 Å². The van der Waals surface area contributed by atoms with Crippen LogP contribution in [0.3, 0.4) is 0 Å². The van der Waals surface area contributed by atoms with Gasteiger partial charge in [0.15, 0.2) is 0 Å². The maximum Gasteiger partial charge on any atom is 0.139 e. The quantitative estimate of drug-likeness (QED) is 0.914. The summed E-state index contributed by atoms with van der Waals surface area (Å²) in [4.78, 5) is 0.344. The standard InChI is InChI=1S/C14H20FNOS/c1-10-7-8-12(16-2)14(9-10)18(17)13-6-4-3-5-11(13)15/h3-6,10,12,14,16H,7-9H2,1-2H3. The minimum Gasteiger partial charge on any atom is -0.316 e. The third kappa shape index (κ3) is 2.81. The highest BCUT2D eigenvalue weighted by Gasteiger charge is 2.33. The van der Waals surface area contributed by atoms with E-state index in [1.165, 1.54) is 6.07 Å². The maximum atomic E-state index is 13.7. The van der Waals surface area contributed by atoms with Crippen LogP contribution in [-0.4, -0.2) is 22.5 Å². The predicted octanol–water partition coefficient (Wildman–Crippen LogP) is 2.71. The number of rotatable bonds is 3. The molecule has 0 spiro atoms. The summed E-state index contributed by atoms with van der Waals surface area (Å²) in [5.41, 5.74) is 0. The molecule has 1 N–H and O–H groups in total. The lowest BCUT2D eigenvalue weighted by Gasteiger charge is -2.34. The van der Waals surface area contributed by atoms with Crippen LogP contribution in [0.4, 0.5) is 4.39 Å². The van der Waals surface area contributed by atoms with Crippen molar-refractivity contribution in [3.63, 3.8) is 0 Å². The summed E-state index contributed by atoms with van der Waals surface area (Å²) in [5, 5.41) is 3.24. The van der Waals surface area contributed by atoms with E-state index >= 15 is 0 Å². The first-order chi connectivity index (χ1) is 8.63. The van der Waals surface area contributed by atoms with Gasteiger partial charge in [-0.15, -0.1) is 0 Å². The number of nitrogens with one attached hydrogen (secondary N) is 1. The van der Waals surface area contributed by atoms with Gasteiger partial charge in [-0.1, -0.05) is 19.1 Å². The summed E-state index contributed by atoms with van der Waals surface area (Å²) < 4.78 is 26.3. The van der Waals surface area contributed by atoms with Crippen LogP contribution < -0.4 is 5.32 Å². The zero-order valence-corrected chi connectivity index (χ0v) is 11.7.